The summed E-state index contributed by atoms with van der Waals surface area (Å²) in [6.45, 7) is 0. The zero-order valence-corrected chi connectivity index (χ0v) is 14.8. The van der Waals surface area contributed by atoms with E-state index in [0.29, 0.717) is 17.5 Å². The minimum Gasteiger partial charge on any atom is -0.368 e. The first kappa shape index (κ1) is 16.3. The van der Waals surface area contributed by atoms with E-state index in [1.165, 1.54) is 6.07 Å². The molecule has 4 rings (SSSR count). The van der Waals surface area contributed by atoms with Gasteiger partial charge in [-0.2, -0.15) is 4.72 Å². The molecule has 4 N–H and O–H groups in total. The average molecular weight is 390 g/mol. The van der Waals surface area contributed by atoms with Gasteiger partial charge in [0.15, 0.2) is 0 Å². The van der Waals surface area contributed by atoms with Crippen LogP contribution in [0.25, 0.3) is 0 Å². The Morgan fingerprint density at radius 3 is 2.54 bits per heavy atom. The normalized spacial score (nSPS) is 33.2. The van der Waals surface area contributed by atoms with E-state index in [0.717, 1.165) is 18.9 Å². The molecule has 2 bridgehead atoms. The Morgan fingerprint density at radius 1 is 1.21 bits per heavy atom. The van der Waals surface area contributed by atoms with E-state index in [1.54, 1.807) is 0 Å². The minimum atomic E-state index is -4.11. The fourth-order valence-electron chi connectivity index (χ4n) is 3.92. The molecule has 1 saturated carbocycles. The Kier molecular flexibility index (Phi) is 3.53. The fraction of sp³-hybridized carbons (Fsp3) is 0.429. The Balaban J connectivity index is 1.76. The van der Waals surface area contributed by atoms with Gasteiger partial charge in [0.1, 0.15) is 9.79 Å². The van der Waals surface area contributed by atoms with Crippen molar-refractivity contribution in [2.24, 2.45) is 22.9 Å². The number of primary sulfonamides is 1. The van der Waals surface area contributed by atoms with Gasteiger partial charge < -0.3 is 5.32 Å². The van der Waals surface area contributed by atoms with Crippen LogP contribution in [0.3, 0.4) is 0 Å². The van der Waals surface area contributed by atoms with Crippen LogP contribution in [0.1, 0.15) is 12.8 Å². The summed E-state index contributed by atoms with van der Waals surface area (Å²) < 4.78 is 50.9. The van der Waals surface area contributed by atoms with Crippen molar-refractivity contribution < 1.29 is 16.8 Å². The molecule has 1 aromatic rings. The largest absolute Gasteiger partial charge is 0.368 e. The highest BCUT2D eigenvalue weighted by Crippen LogP contribution is 2.46. The molecule has 0 saturated heterocycles. The number of benzene rings is 1. The summed E-state index contributed by atoms with van der Waals surface area (Å²) in [5.41, 5.74) is 0.294. The lowest BCUT2D eigenvalue weighted by molar-refractivity contribution is 0.363. The number of hydrogen-bond donors (Lipinski definition) is 3. The second kappa shape index (κ2) is 5.18. The molecule has 2 aliphatic carbocycles. The van der Waals surface area contributed by atoms with Gasteiger partial charge in [0.05, 0.1) is 16.9 Å². The number of nitrogens with two attached hydrogens (primary N) is 1. The van der Waals surface area contributed by atoms with Crippen LogP contribution in [0, 0.1) is 17.8 Å². The maximum Gasteiger partial charge on any atom is 0.244 e. The van der Waals surface area contributed by atoms with E-state index in [2.05, 4.69) is 22.2 Å². The molecule has 10 heteroatoms. The van der Waals surface area contributed by atoms with Gasteiger partial charge in [-0.25, -0.2) is 22.0 Å². The number of fused-ring (bicyclic) bond motifs is 3. The highest BCUT2D eigenvalue weighted by molar-refractivity contribution is 7.90. The lowest BCUT2D eigenvalue weighted by Gasteiger charge is -2.35. The molecular weight excluding hydrogens is 374 g/mol. The molecule has 0 radical (unpaired) electrons. The van der Waals surface area contributed by atoms with Crippen molar-refractivity contribution in [2.75, 3.05) is 5.32 Å². The maximum atomic E-state index is 12.6. The first-order valence-electron chi connectivity index (χ1n) is 7.49. The molecule has 1 aliphatic heterocycles. The van der Waals surface area contributed by atoms with E-state index >= 15 is 0 Å². The van der Waals surface area contributed by atoms with E-state index < -0.39 is 31.1 Å². The zero-order chi connectivity index (χ0) is 17.3. The van der Waals surface area contributed by atoms with Crippen LogP contribution in [-0.4, -0.2) is 23.0 Å². The van der Waals surface area contributed by atoms with Crippen LogP contribution >= 0.6 is 11.6 Å². The molecule has 24 heavy (non-hydrogen) atoms. The summed E-state index contributed by atoms with van der Waals surface area (Å²) in [7, 11) is -7.97. The molecule has 130 valence electrons. The highest BCUT2D eigenvalue weighted by atomic mass is 35.5. The number of allylic oxidation sites excluding steroid dienone is 2. The van der Waals surface area contributed by atoms with E-state index in [9.17, 15) is 16.8 Å². The molecule has 1 fully saturated rings. The molecule has 0 spiro atoms. The second-order valence-corrected chi connectivity index (χ2v) is 10.1. The minimum absolute atomic E-state index is 0.104. The van der Waals surface area contributed by atoms with Crippen LogP contribution in [0.15, 0.2) is 34.1 Å². The quantitative estimate of drug-likeness (QED) is 0.657. The summed E-state index contributed by atoms with van der Waals surface area (Å²) in [5, 5.41) is 8.14. The predicted octanol–water partition coefficient (Wildman–Crippen LogP) is 1.23. The van der Waals surface area contributed by atoms with Gasteiger partial charge >= 0.3 is 0 Å². The van der Waals surface area contributed by atoms with Gasteiger partial charge in [-0.15, -0.1) is 0 Å². The van der Waals surface area contributed by atoms with Gasteiger partial charge in [-0.1, -0.05) is 23.8 Å². The Labute approximate surface area is 145 Å². The fourth-order valence-corrected chi connectivity index (χ4v) is 6.47. The first-order chi connectivity index (χ1) is 11.1. The van der Waals surface area contributed by atoms with E-state index in [4.69, 9.17) is 16.7 Å². The van der Waals surface area contributed by atoms with Gasteiger partial charge in [-0.3, -0.25) is 0 Å². The van der Waals surface area contributed by atoms with Gasteiger partial charge in [-0.05, 0) is 36.8 Å². The Morgan fingerprint density at radius 2 is 1.96 bits per heavy atom. The third kappa shape index (κ3) is 2.55. The predicted molar refractivity (Wildman–Crippen MR) is 89.4 cm³/mol. The van der Waals surface area contributed by atoms with Crippen LogP contribution in [0.5, 0.6) is 0 Å². The zero-order valence-electron chi connectivity index (χ0n) is 12.4. The number of nitrogens with one attached hydrogen (secondary N) is 2. The van der Waals surface area contributed by atoms with E-state index in [1.807, 2.05) is 0 Å². The SMILES string of the molecule is NS(=O)(=O)c1cc2c(cc1Cl)N[C@@H]([C@H]1CC3C=CC1C3)NS2(=O)=O. The molecule has 0 aromatic heterocycles. The lowest BCUT2D eigenvalue weighted by Crippen LogP contribution is -2.50. The second-order valence-electron chi connectivity index (χ2n) is 6.51. The van der Waals surface area contributed by atoms with Crippen LogP contribution in [0.2, 0.25) is 5.02 Å². The highest BCUT2D eigenvalue weighted by Gasteiger charge is 2.44. The molecule has 3 aliphatic rings. The third-order valence-electron chi connectivity index (χ3n) is 4.98. The number of sulfonamides is 2. The van der Waals surface area contributed by atoms with Crippen molar-refractivity contribution in [3.05, 3.63) is 29.3 Å². The van der Waals surface area contributed by atoms with Crippen molar-refractivity contribution in [2.45, 2.75) is 28.8 Å². The molecule has 7 nitrogen and oxygen atoms in total. The Hall–Kier alpha value is -1.13. The van der Waals surface area contributed by atoms with E-state index in [-0.39, 0.29) is 15.8 Å². The molecular formula is C14H16ClN3O4S2. The molecule has 4 atom stereocenters. The topological polar surface area (TPSA) is 118 Å². The van der Waals surface area contributed by atoms with Crippen molar-refractivity contribution >= 4 is 37.3 Å². The monoisotopic (exact) mass is 389 g/mol. The summed E-state index contributed by atoms with van der Waals surface area (Å²) in [5.74, 6) is 0.997. The third-order valence-corrected chi connectivity index (χ3v) is 7.84. The number of halogens is 1. The number of anilines is 1. The smallest absolute Gasteiger partial charge is 0.244 e. The first-order valence-corrected chi connectivity index (χ1v) is 10.9. The van der Waals surface area contributed by atoms with Crippen molar-refractivity contribution in [1.82, 2.24) is 4.72 Å². The van der Waals surface area contributed by atoms with Crippen molar-refractivity contribution in [3.8, 4) is 0 Å². The molecule has 1 heterocycles. The van der Waals surface area contributed by atoms with Crippen LogP contribution in [-0.2, 0) is 20.0 Å². The van der Waals surface area contributed by atoms with Crippen LogP contribution in [0.4, 0.5) is 5.69 Å². The van der Waals surface area contributed by atoms with Gasteiger partial charge in [0.25, 0.3) is 0 Å². The summed E-state index contributed by atoms with van der Waals surface area (Å²) in [4.78, 5) is -0.567. The maximum absolute atomic E-state index is 12.6. The molecule has 0 amide bonds. The molecule has 1 aromatic carbocycles. The summed E-state index contributed by atoms with van der Waals surface area (Å²) >= 11 is 5.98. The average Bonchev–Trinajstić information content (AvgIpc) is 3.06. The van der Waals surface area contributed by atoms with Gasteiger partial charge in [0.2, 0.25) is 20.0 Å². The number of hydrogen-bond acceptors (Lipinski definition) is 5. The van der Waals surface area contributed by atoms with Crippen LogP contribution < -0.4 is 15.2 Å². The molecule has 2 unspecified atom stereocenters. The standard InChI is InChI=1S/C14H16ClN3O4S2/c15-10-5-11-13(6-12(10)23(16,19)20)24(21,22)18-14(17-11)9-4-7-1-2-8(9)3-7/h1-2,5-9,14,17-18H,3-4H2,(H2,16,19,20)/t7?,8?,9-,14+/m0/s1. The summed E-state index contributed by atoms with van der Waals surface area (Å²) in [6, 6.07) is 2.31. The van der Waals surface area contributed by atoms with Crippen molar-refractivity contribution in [1.29, 1.82) is 0 Å². The number of rotatable bonds is 2. The van der Waals surface area contributed by atoms with Gasteiger partial charge in [0, 0.05) is 5.92 Å². The van der Waals surface area contributed by atoms with Crippen molar-refractivity contribution in [3.63, 3.8) is 0 Å². The summed E-state index contributed by atoms with van der Waals surface area (Å²) in [6.07, 6.45) is 5.84. The Bertz CT molecular complexity index is 958. The lowest BCUT2D eigenvalue weighted by atomic mass is 9.91.